The third-order valence-corrected chi connectivity index (χ3v) is 3.35. The molecular formula is C15H21BrO3. The van der Waals surface area contributed by atoms with Crippen molar-refractivity contribution < 1.29 is 14.3 Å². The molecule has 0 spiro atoms. The highest BCUT2D eigenvalue weighted by Crippen LogP contribution is 2.34. The molecule has 0 fully saturated rings. The van der Waals surface area contributed by atoms with E-state index >= 15 is 0 Å². The Morgan fingerprint density at radius 3 is 2.21 bits per heavy atom. The van der Waals surface area contributed by atoms with Crippen LogP contribution in [0.1, 0.15) is 50.4 Å². The van der Waals surface area contributed by atoms with Crippen LogP contribution in [0.15, 0.2) is 16.6 Å². The second-order valence-electron chi connectivity index (χ2n) is 4.17. The lowest BCUT2D eigenvalue weighted by Crippen LogP contribution is -2.04. The molecule has 0 unspecified atom stereocenters. The molecule has 3 nitrogen and oxygen atoms in total. The zero-order chi connectivity index (χ0) is 14.3. The van der Waals surface area contributed by atoms with Crippen LogP contribution in [0.5, 0.6) is 11.5 Å². The van der Waals surface area contributed by atoms with E-state index in [9.17, 15) is 4.79 Å². The Morgan fingerprint density at radius 2 is 1.68 bits per heavy atom. The molecule has 0 atom stereocenters. The number of carbonyl (C=O) groups excluding carboxylic acids is 1. The minimum atomic E-state index is 0.137. The fourth-order valence-electron chi connectivity index (χ4n) is 1.76. The van der Waals surface area contributed by atoms with Crippen molar-refractivity contribution in [2.75, 3.05) is 13.2 Å². The van der Waals surface area contributed by atoms with E-state index in [2.05, 4.69) is 22.9 Å². The van der Waals surface area contributed by atoms with Crippen molar-refractivity contribution in [3.05, 3.63) is 22.2 Å². The van der Waals surface area contributed by atoms with Gasteiger partial charge in [-0.3, -0.25) is 4.79 Å². The van der Waals surface area contributed by atoms with Gasteiger partial charge in [0.15, 0.2) is 17.3 Å². The molecule has 1 aromatic carbocycles. The Morgan fingerprint density at radius 1 is 1.11 bits per heavy atom. The molecule has 0 aliphatic rings. The molecule has 0 bridgehead atoms. The number of benzene rings is 1. The standard InChI is InChI=1S/C15H21BrO3/c1-4-7-8-13(17)11-9-14(18-5-2)15(19-6-3)10-12(11)16/h9-10H,4-8H2,1-3H3. The number of unbranched alkanes of at least 4 members (excludes halogenated alkanes) is 1. The van der Waals surface area contributed by atoms with Crippen LogP contribution >= 0.6 is 15.9 Å². The topological polar surface area (TPSA) is 35.5 Å². The summed E-state index contributed by atoms with van der Waals surface area (Å²) in [5.74, 6) is 1.44. The highest BCUT2D eigenvalue weighted by Gasteiger charge is 2.15. The van der Waals surface area contributed by atoms with E-state index in [0.717, 1.165) is 17.3 Å². The van der Waals surface area contributed by atoms with Crippen LogP contribution < -0.4 is 9.47 Å². The summed E-state index contributed by atoms with van der Waals surface area (Å²) in [5.41, 5.74) is 0.667. The molecule has 0 saturated heterocycles. The molecule has 4 heteroatoms. The van der Waals surface area contributed by atoms with Crippen molar-refractivity contribution in [3.8, 4) is 11.5 Å². The normalized spacial score (nSPS) is 10.3. The second kappa shape index (κ2) is 8.20. The quantitative estimate of drug-likeness (QED) is 0.653. The van der Waals surface area contributed by atoms with E-state index in [0.29, 0.717) is 36.7 Å². The number of carbonyl (C=O) groups is 1. The van der Waals surface area contributed by atoms with Crippen molar-refractivity contribution in [2.24, 2.45) is 0 Å². The zero-order valence-corrected chi connectivity index (χ0v) is 13.4. The predicted molar refractivity (Wildman–Crippen MR) is 80.3 cm³/mol. The summed E-state index contributed by atoms with van der Waals surface area (Å²) in [6, 6.07) is 3.59. The first-order valence-corrected chi connectivity index (χ1v) is 7.55. The van der Waals surface area contributed by atoms with E-state index < -0.39 is 0 Å². The molecular weight excluding hydrogens is 308 g/mol. The third-order valence-electron chi connectivity index (χ3n) is 2.69. The SMILES string of the molecule is CCCCC(=O)c1cc(OCC)c(OCC)cc1Br. The molecule has 0 aromatic heterocycles. The third kappa shape index (κ3) is 4.53. The average molecular weight is 329 g/mol. The molecule has 0 heterocycles. The van der Waals surface area contributed by atoms with Gasteiger partial charge in [0.1, 0.15) is 0 Å². The van der Waals surface area contributed by atoms with Gasteiger partial charge in [0.2, 0.25) is 0 Å². The summed E-state index contributed by atoms with van der Waals surface area (Å²) in [7, 11) is 0. The van der Waals surface area contributed by atoms with E-state index in [1.165, 1.54) is 0 Å². The van der Waals surface area contributed by atoms with E-state index in [4.69, 9.17) is 9.47 Å². The smallest absolute Gasteiger partial charge is 0.164 e. The van der Waals surface area contributed by atoms with Crippen LogP contribution in [0.25, 0.3) is 0 Å². The molecule has 0 radical (unpaired) electrons. The Labute approximate surface area is 123 Å². The minimum absolute atomic E-state index is 0.137. The van der Waals surface area contributed by atoms with Crippen molar-refractivity contribution in [1.29, 1.82) is 0 Å². The van der Waals surface area contributed by atoms with Crippen LogP contribution in [0.2, 0.25) is 0 Å². The molecule has 1 aromatic rings. The minimum Gasteiger partial charge on any atom is -0.490 e. The van der Waals surface area contributed by atoms with Crippen molar-refractivity contribution in [1.82, 2.24) is 0 Å². The number of ether oxygens (including phenoxy) is 2. The van der Waals surface area contributed by atoms with Crippen molar-refractivity contribution in [2.45, 2.75) is 40.0 Å². The van der Waals surface area contributed by atoms with Gasteiger partial charge in [-0.1, -0.05) is 13.3 Å². The molecule has 0 saturated carbocycles. The summed E-state index contributed by atoms with van der Waals surface area (Å²) < 4.78 is 11.8. The Kier molecular flexibility index (Phi) is 6.92. The van der Waals surface area contributed by atoms with Gasteiger partial charge in [-0.05, 0) is 48.3 Å². The monoisotopic (exact) mass is 328 g/mol. The van der Waals surface area contributed by atoms with Gasteiger partial charge < -0.3 is 9.47 Å². The fraction of sp³-hybridized carbons (Fsp3) is 0.533. The average Bonchev–Trinajstić information content (AvgIpc) is 2.39. The lowest BCUT2D eigenvalue weighted by Gasteiger charge is -2.13. The summed E-state index contributed by atoms with van der Waals surface area (Å²) >= 11 is 3.44. The van der Waals surface area contributed by atoms with Crippen molar-refractivity contribution in [3.63, 3.8) is 0 Å². The fourth-order valence-corrected chi connectivity index (χ4v) is 2.30. The van der Waals surface area contributed by atoms with Crippen LogP contribution in [-0.2, 0) is 0 Å². The number of Topliss-reactive ketones (excluding diaryl/α,β-unsaturated/α-hetero) is 1. The predicted octanol–water partition coefficient (Wildman–Crippen LogP) is 4.62. The highest BCUT2D eigenvalue weighted by molar-refractivity contribution is 9.10. The number of rotatable bonds is 8. The molecule has 0 amide bonds. The summed E-state index contributed by atoms with van der Waals surface area (Å²) in [4.78, 5) is 12.1. The summed E-state index contributed by atoms with van der Waals surface area (Å²) in [6.07, 6.45) is 2.48. The maximum Gasteiger partial charge on any atom is 0.164 e. The lowest BCUT2D eigenvalue weighted by molar-refractivity contribution is 0.0978. The van der Waals surface area contributed by atoms with Gasteiger partial charge >= 0.3 is 0 Å². The van der Waals surface area contributed by atoms with E-state index in [1.807, 2.05) is 19.9 Å². The van der Waals surface area contributed by atoms with E-state index in [-0.39, 0.29) is 5.78 Å². The molecule has 106 valence electrons. The number of ketones is 1. The maximum atomic E-state index is 12.1. The van der Waals surface area contributed by atoms with Crippen LogP contribution in [0, 0.1) is 0 Å². The van der Waals surface area contributed by atoms with Gasteiger partial charge in [0, 0.05) is 16.5 Å². The van der Waals surface area contributed by atoms with Crippen LogP contribution in [0.4, 0.5) is 0 Å². The number of hydrogen-bond acceptors (Lipinski definition) is 3. The van der Waals surface area contributed by atoms with Crippen molar-refractivity contribution >= 4 is 21.7 Å². The number of halogens is 1. The first-order valence-electron chi connectivity index (χ1n) is 6.76. The van der Waals surface area contributed by atoms with Crippen LogP contribution in [0.3, 0.4) is 0 Å². The Bertz CT molecular complexity index is 430. The molecule has 0 aliphatic heterocycles. The Hall–Kier alpha value is -1.03. The van der Waals surface area contributed by atoms with Gasteiger partial charge in [-0.25, -0.2) is 0 Å². The first-order chi connectivity index (χ1) is 9.13. The Balaban J connectivity index is 3.05. The summed E-state index contributed by atoms with van der Waals surface area (Å²) in [6.45, 7) is 7.02. The summed E-state index contributed by atoms with van der Waals surface area (Å²) in [5, 5.41) is 0. The molecule has 1 rings (SSSR count). The van der Waals surface area contributed by atoms with Crippen LogP contribution in [-0.4, -0.2) is 19.0 Å². The molecule has 0 aliphatic carbocycles. The number of hydrogen-bond donors (Lipinski definition) is 0. The highest BCUT2D eigenvalue weighted by atomic mass is 79.9. The molecule has 0 N–H and O–H groups in total. The second-order valence-corrected chi connectivity index (χ2v) is 5.03. The molecule has 19 heavy (non-hydrogen) atoms. The first kappa shape index (κ1) is 16.0. The maximum absolute atomic E-state index is 12.1. The zero-order valence-electron chi connectivity index (χ0n) is 11.8. The van der Waals surface area contributed by atoms with Gasteiger partial charge in [-0.2, -0.15) is 0 Å². The lowest BCUT2D eigenvalue weighted by atomic mass is 10.1. The largest absolute Gasteiger partial charge is 0.490 e. The van der Waals surface area contributed by atoms with Gasteiger partial charge in [-0.15, -0.1) is 0 Å². The van der Waals surface area contributed by atoms with E-state index in [1.54, 1.807) is 6.07 Å². The van der Waals surface area contributed by atoms with Gasteiger partial charge in [0.25, 0.3) is 0 Å². The van der Waals surface area contributed by atoms with Gasteiger partial charge in [0.05, 0.1) is 13.2 Å².